The molecule has 1 aliphatic heterocycles. The van der Waals surface area contributed by atoms with E-state index in [0.29, 0.717) is 5.92 Å². The van der Waals surface area contributed by atoms with Crippen molar-refractivity contribution < 1.29 is 14.3 Å². The van der Waals surface area contributed by atoms with Crippen LogP contribution < -0.4 is 0 Å². The molecule has 1 heterocycles. The molecule has 98 valence electrons. The topological polar surface area (TPSA) is 35.5 Å². The standard InChI is InChI=1S/C14H24O3/c1-3-11(2)13(15)17-14(7-4-5-8-14)12-6-9-16-10-12/h11-12H,3-10H2,1-2H3. The van der Waals surface area contributed by atoms with Crippen molar-refractivity contribution >= 4 is 5.97 Å². The minimum Gasteiger partial charge on any atom is -0.458 e. The number of rotatable bonds is 4. The molecule has 0 aromatic rings. The normalized spacial score (nSPS) is 29.2. The molecule has 17 heavy (non-hydrogen) atoms. The van der Waals surface area contributed by atoms with E-state index >= 15 is 0 Å². The third kappa shape index (κ3) is 2.65. The molecule has 2 unspecified atom stereocenters. The molecule has 1 saturated carbocycles. The third-order valence-electron chi connectivity index (χ3n) is 4.44. The molecule has 0 spiro atoms. The van der Waals surface area contributed by atoms with Gasteiger partial charge in [-0.05, 0) is 38.5 Å². The van der Waals surface area contributed by atoms with Gasteiger partial charge in [-0.3, -0.25) is 4.79 Å². The van der Waals surface area contributed by atoms with E-state index < -0.39 is 0 Å². The van der Waals surface area contributed by atoms with Crippen LogP contribution >= 0.6 is 0 Å². The highest BCUT2D eigenvalue weighted by molar-refractivity contribution is 5.72. The minimum atomic E-state index is -0.197. The largest absolute Gasteiger partial charge is 0.458 e. The smallest absolute Gasteiger partial charge is 0.309 e. The number of carbonyl (C=O) groups excluding carboxylic acids is 1. The van der Waals surface area contributed by atoms with E-state index in [0.717, 1.165) is 38.9 Å². The summed E-state index contributed by atoms with van der Waals surface area (Å²) in [5, 5.41) is 0. The maximum atomic E-state index is 12.0. The van der Waals surface area contributed by atoms with Gasteiger partial charge >= 0.3 is 5.97 Å². The van der Waals surface area contributed by atoms with Crippen LogP contribution in [0.15, 0.2) is 0 Å². The summed E-state index contributed by atoms with van der Waals surface area (Å²) >= 11 is 0. The second-order valence-electron chi connectivity index (χ2n) is 5.56. The fraction of sp³-hybridized carbons (Fsp3) is 0.929. The zero-order valence-electron chi connectivity index (χ0n) is 11.0. The molecule has 1 saturated heterocycles. The molecule has 3 nitrogen and oxygen atoms in total. The second kappa shape index (κ2) is 5.38. The van der Waals surface area contributed by atoms with Gasteiger partial charge in [0.2, 0.25) is 0 Å². The lowest BCUT2D eigenvalue weighted by molar-refractivity contribution is -0.170. The van der Waals surface area contributed by atoms with Gasteiger partial charge in [-0.15, -0.1) is 0 Å². The highest BCUT2D eigenvalue weighted by Gasteiger charge is 2.46. The van der Waals surface area contributed by atoms with Gasteiger partial charge in [-0.25, -0.2) is 0 Å². The molecule has 2 rings (SSSR count). The Morgan fingerprint density at radius 2 is 2.18 bits per heavy atom. The molecular weight excluding hydrogens is 216 g/mol. The highest BCUT2D eigenvalue weighted by atomic mass is 16.6. The predicted octanol–water partition coefficient (Wildman–Crippen LogP) is 2.93. The van der Waals surface area contributed by atoms with Crippen molar-refractivity contribution in [3.05, 3.63) is 0 Å². The average Bonchev–Trinajstić information content (AvgIpc) is 2.98. The fourth-order valence-corrected chi connectivity index (χ4v) is 2.98. The van der Waals surface area contributed by atoms with Crippen LogP contribution in [0.5, 0.6) is 0 Å². The fourth-order valence-electron chi connectivity index (χ4n) is 2.98. The Morgan fingerprint density at radius 1 is 1.47 bits per heavy atom. The molecule has 1 aliphatic carbocycles. The van der Waals surface area contributed by atoms with Crippen molar-refractivity contribution in [2.24, 2.45) is 11.8 Å². The Hall–Kier alpha value is -0.570. The highest BCUT2D eigenvalue weighted by Crippen LogP contribution is 2.43. The maximum Gasteiger partial charge on any atom is 0.309 e. The van der Waals surface area contributed by atoms with E-state index in [-0.39, 0.29) is 17.5 Å². The van der Waals surface area contributed by atoms with Crippen molar-refractivity contribution in [1.82, 2.24) is 0 Å². The quantitative estimate of drug-likeness (QED) is 0.709. The maximum absolute atomic E-state index is 12.0. The van der Waals surface area contributed by atoms with Gasteiger partial charge in [0.05, 0.1) is 12.5 Å². The van der Waals surface area contributed by atoms with Crippen LogP contribution in [-0.2, 0) is 14.3 Å². The van der Waals surface area contributed by atoms with Crippen molar-refractivity contribution in [2.75, 3.05) is 13.2 Å². The van der Waals surface area contributed by atoms with Gasteiger partial charge < -0.3 is 9.47 Å². The summed E-state index contributed by atoms with van der Waals surface area (Å²) in [4.78, 5) is 12.0. The Kier molecular flexibility index (Phi) is 4.08. The van der Waals surface area contributed by atoms with E-state index in [4.69, 9.17) is 9.47 Å². The third-order valence-corrected chi connectivity index (χ3v) is 4.44. The molecule has 2 atom stereocenters. The van der Waals surface area contributed by atoms with E-state index in [1.165, 1.54) is 12.8 Å². The molecule has 0 aromatic carbocycles. The van der Waals surface area contributed by atoms with E-state index in [2.05, 4.69) is 0 Å². The van der Waals surface area contributed by atoms with Crippen LogP contribution in [0.2, 0.25) is 0 Å². The summed E-state index contributed by atoms with van der Waals surface area (Å²) in [7, 11) is 0. The van der Waals surface area contributed by atoms with Crippen molar-refractivity contribution in [3.8, 4) is 0 Å². The first-order valence-corrected chi connectivity index (χ1v) is 6.98. The average molecular weight is 240 g/mol. The summed E-state index contributed by atoms with van der Waals surface area (Å²) < 4.78 is 11.4. The molecular formula is C14H24O3. The van der Waals surface area contributed by atoms with E-state index in [9.17, 15) is 4.79 Å². The zero-order chi connectivity index (χ0) is 12.3. The molecule has 0 N–H and O–H groups in total. The van der Waals surface area contributed by atoms with Gasteiger partial charge in [-0.1, -0.05) is 13.8 Å². The van der Waals surface area contributed by atoms with Crippen LogP contribution in [0.1, 0.15) is 52.4 Å². The van der Waals surface area contributed by atoms with Gasteiger partial charge in [0.1, 0.15) is 5.60 Å². The summed E-state index contributed by atoms with van der Waals surface area (Å²) in [6.45, 7) is 5.59. The summed E-state index contributed by atoms with van der Waals surface area (Å²) in [6.07, 6.45) is 6.34. The number of carbonyl (C=O) groups is 1. The minimum absolute atomic E-state index is 0.0127. The van der Waals surface area contributed by atoms with Crippen molar-refractivity contribution in [2.45, 2.75) is 58.0 Å². The number of esters is 1. The van der Waals surface area contributed by atoms with Gasteiger partial charge in [0, 0.05) is 12.5 Å². The molecule has 0 aromatic heterocycles. The molecule has 2 aliphatic rings. The Bertz CT molecular complexity index is 263. The second-order valence-corrected chi connectivity index (χ2v) is 5.56. The van der Waals surface area contributed by atoms with Crippen LogP contribution in [0.3, 0.4) is 0 Å². The van der Waals surface area contributed by atoms with Crippen LogP contribution in [-0.4, -0.2) is 24.8 Å². The number of hydrogen-bond acceptors (Lipinski definition) is 3. The first kappa shape index (κ1) is 12.9. The Balaban J connectivity index is 2.03. The zero-order valence-corrected chi connectivity index (χ0v) is 11.0. The van der Waals surface area contributed by atoms with Crippen molar-refractivity contribution in [1.29, 1.82) is 0 Å². The van der Waals surface area contributed by atoms with Gasteiger partial charge in [0.25, 0.3) is 0 Å². The molecule has 0 radical (unpaired) electrons. The van der Waals surface area contributed by atoms with E-state index in [1.54, 1.807) is 0 Å². The van der Waals surface area contributed by atoms with Gasteiger partial charge in [0.15, 0.2) is 0 Å². The van der Waals surface area contributed by atoms with Crippen molar-refractivity contribution in [3.63, 3.8) is 0 Å². The van der Waals surface area contributed by atoms with E-state index in [1.807, 2.05) is 13.8 Å². The lowest BCUT2D eigenvalue weighted by Crippen LogP contribution is -2.41. The molecule has 0 bridgehead atoms. The van der Waals surface area contributed by atoms with Crippen LogP contribution in [0, 0.1) is 11.8 Å². The lowest BCUT2D eigenvalue weighted by atomic mass is 9.84. The first-order chi connectivity index (χ1) is 8.18. The molecule has 2 fully saturated rings. The number of ether oxygens (including phenoxy) is 2. The molecule has 0 amide bonds. The lowest BCUT2D eigenvalue weighted by Gasteiger charge is -2.35. The van der Waals surface area contributed by atoms with Crippen LogP contribution in [0.25, 0.3) is 0 Å². The summed E-state index contributed by atoms with van der Waals surface area (Å²) in [5.74, 6) is 0.439. The molecule has 3 heteroatoms. The SMILES string of the molecule is CCC(C)C(=O)OC1(C2CCOC2)CCCC1. The Labute approximate surface area is 104 Å². The van der Waals surface area contributed by atoms with Gasteiger partial charge in [-0.2, -0.15) is 0 Å². The predicted molar refractivity (Wildman–Crippen MR) is 65.7 cm³/mol. The summed E-state index contributed by atoms with van der Waals surface area (Å²) in [5.41, 5.74) is -0.197. The summed E-state index contributed by atoms with van der Waals surface area (Å²) in [6, 6.07) is 0. The first-order valence-electron chi connectivity index (χ1n) is 6.98. The van der Waals surface area contributed by atoms with Crippen LogP contribution in [0.4, 0.5) is 0 Å². The Morgan fingerprint density at radius 3 is 2.71 bits per heavy atom. The monoisotopic (exact) mass is 240 g/mol. The number of hydrogen-bond donors (Lipinski definition) is 0.